The molecule has 0 bridgehead atoms. The van der Waals surface area contributed by atoms with Gasteiger partial charge in [-0.3, -0.25) is 4.79 Å². The Morgan fingerprint density at radius 2 is 1.65 bits per heavy atom. The number of carbonyl (C=O) groups excluding carboxylic acids is 1. The number of anilines is 1. The number of amides is 1. The maximum Gasteiger partial charge on any atom is 0.244 e. The predicted octanol–water partition coefficient (Wildman–Crippen LogP) is 1.63. The molecule has 0 heterocycles. The van der Waals surface area contributed by atoms with E-state index in [1.165, 1.54) is 39.5 Å². The molecule has 0 spiro atoms. The maximum absolute atomic E-state index is 12.4. The highest BCUT2D eigenvalue weighted by Gasteiger charge is 2.21. The van der Waals surface area contributed by atoms with Gasteiger partial charge in [0.05, 0.1) is 27.9 Å². The van der Waals surface area contributed by atoms with Crippen LogP contribution in [0.3, 0.4) is 0 Å². The fourth-order valence-corrected chi connectivity index (χ4v) is 3.27. The molecule has 140 valence electrons. The molecule has 0 saturated carbocycles. The number of rotatable bonds is 8. The Labute approximate surface area is 152 Å². The van der Waals surface area contributed by atoms with Gasteiger partial charge in [0.2, 0.25) is 15.9 Å². The number of ether oxygens (including phenoxy) is 3. The summed E-state index contributed by atoms with van der Waals surface area (Å²) in [5, 5.41) is 2.59. The normalized spacial score (nSPS) is 10.9. The fourth-order valence-electron chi connectivity index (χ4n) is 2.14. The SMILES string of the molecule is COc1cccc(NC(=O)CNS(=O)(=O)c2ccc(OC)cc2OC)c1. The van der Waals surface area contributed by atoms with Crippen molar-refractivity contribution in [2.24, 2.45) is 0 Å². The standard InChI is InChI=1S/C17H20N2O6S/c1-23-13-6-4-5-12(9-13)19-17(20)11-18-26(21,22)16-8-7-14(24-2)10-15(16)25-3/h4-10,18H,11H2,1-3H3,(H,19,20). The number of carbonyl (C=O) groups is 1. The van der Waals surface area contributed by atoms with Gasteiger partial charge >= 0.3 is 0 Å². The van der Waals surface area contributed by atoms with Crippen molar-refractivity contribution in [2.45, 2.75) is 4.90 Å². The predicted molar refractivity (Wildman–Crippen MR) is 96.4 cm³/mol. The summed E-state index contributed by atoms with van der Waals surface area (Å²) in [6.07, 6.45) is 0. The lowest BCUT2D eigenvalue weighted by molar-refractivity contribution is -0.115. The highest BCUT2D eigenvalue weighted by atomic mass is 32.2. The van der Waals surface area contributed by atoms with Gasteiger partial charge in [-0.05, 0) is 24.3 Å². The van der Waals surface area contributed by atoms with Crippen LogP contribution in [0.15, 0.2) is 47.4 Å². The van der Waals surface area contributed by atoms with Crippen molar-refractivity contribution in [3.05, 3.63) is 42.5 Å². The van der Waals surface area contributed by atoms with Gasteiger partial charge in [0, 0.05) is 17.8 Å². The van der Waals surface area contributed by atoms with Crippen LogP contribution in [0.25, 0.3) is 0 Å². The van der Waals surface area contributed by atoms with Crippen molar-refractivity contribution in [1.29, 1.82) is 0 Å². The van der Waals surface area contributed by atoms with E-state index >= 15 is 0 Å². The number of benzene rings is 2. The Hall–Kier alpha value is -2.78. The lowest BCUT2D eigenvalue weighted by Crippen LogP contribution is -2.33. The third kappa shape index (κ3) is 4.87. The van der Waals surface area contributed by atoms with Crippen LogP contribution in [-0.2, 0) is 14.8 Å². The van der Waals surface area contributed by atoms with E-state index in [0.717, 1.165) is 0 Å². The van der Waals surface area contributed by atoms with E-state index < -0.39 is 22.5 Å². The van der Waals surface area contributed by atoms with E-state index in [1.807, 2.05) is 0 Å². The molecule has 1 amide bonds. The van der Waals surface area contributed by atoms with E-state index in [1.54, 1.807) is 24.3 Å². The Morgan fingerprint density at radius 3 is 2.31 bits per heavy atom. The molecule has 0 aliphatic carbocycles. The molecular weight excluding hydrogens is 360 g/mol. The van der Waals surface area contributed by atoms with E-state index in [9.17, 15) is 13.2 Å². The lowest BCUT2D eigenvalue weighted by atomic mass is 10.3. The third-order valence-electron chi connectivity index (χ3n) is 3.44. The Balaban J connectivity index is 2.06. The van der Waals surface area contributed by atoms with Crippen molar-refractivity contribution >= 4 is 21.6 Å². The number of nitrogens with one attached hydrogen (secondary N) is 2. The molecule has 0 unspecified atom stereocenters. The first kappa shape index (κ1) is 19.5. The molecule has 0 fully saturated rings. The van der Waals surface area contributed by atoms with Crippen LogP contribution < -0.4 is 24.2 Å². The molecule has 8 nitrogen and oxygen atoms in total. The topological polar surface area (TPSA) is 103 Å². The largest absolute Gasteiger partial charge is 0.497 e. The molecule has 26 heavy (non-hydrogen) atoms. The van der Waals surface area contributed by atoms with E-state index in [0.29, 0.717) is 17.2 Å². The fraction of sp³-hybridized carbons (Fsp3) is 0.235. The van der Waals surface area contributed by atoms with Gasteiger partial charge in [-0.25, -0.2) is 13.1 Å². The molecule has 0 aliphatic rings. The third-order valence-corrected chi connectivity index (χ3v) is 4.88. The summed E-state index contributed by atoms with van der Waals surface area (Å²) in [5.41, 5.74) is 0.496. The van der Waals surface area contributed by atoms with Crippen molar-refractivity contribution in [3.8, 4) is 17.2 Å². The number of methoxy groups -OCH3 is 3. The highest BCUT2D eigenvalue weighted by Crippen LogP contribution is 2.28. The van der Waals surface area contributed by atoms with Crippen molar-refractivity contribution < 1.29 is 27.4 Å². The molecule has 2 aromatic carbocycles. The van der Waals surface area contributed by atoms with Gasteiger partial charge in [-0.15, -0.1) is 0 Å². The zero-order chi connectivity index (χ0) is 19.2. The molecule has 0 saturated heterocycles. The summed E-state index contributed by atoms with van der Waals surface area (Å²) in [6, 6.07) is 11.0. The van der Waals surface area contributed by atoms with Crippen LogP contribution in [0.4, 0.5) is 5.69 Å². The highest BCUT2D eigenvalue weighted by molar-refractivity contribution is 7.89. The molecular formula is C17H20N2O6S. The average Bonchev–Trinajstić information content (AvgIpc) is 2.66. The Kier molecular flexibility index (Phi) is 6.42. The minimum Gasteiger partial charge on any atom is -0.497 e. The second-order valence-electron chi connectivity index (χ2n) is 5.12. The zero-order valence-corrected chi connectivity index (χ0v) is 15.4. The summed E-state index contributed by atoms with van der Waals surface area (Å²) in [4.78, 5) is 11.9. The van der Waals surface area contributed by atoms with Gasteiger partial charge in [0.15, 0.2) is 0 Å². The minimum absolute atomic E-state index is 0.0880. The van der Waals surface area contributed by atoms with Crippen LogP contribution in [-0.4, -0.2) is 42.2 Å². The number of sulfonamides is 1. The zero-order valence-electron chi connectivity index (χ0n) is 14.6. The first-order chi connectivity index (χ1) is 12.4. The van der Waals surface area contributed by atoms with E-state index in [4.69, 9.17) is 14.2 Å². The Morgan fingerprint density at radius 1 is 0.962 bits per heavy atom. The summed E-state index contributed by atoms with van der Waals surface area (Å²) in [6.45, 7) is -0.436. The molecule has 0 atom stereocenters. The van der Waals surface area contributed by atoms with Gasteiger partial charge in [-0.2, -0.15) is 0 Å². The molecule has 2 aromatic rings. The average molecular weight is 380 g/mol. The molecule has 2 rings (SSSR count). The molecule has 0 aromatic heterocycles. The summed E-state index contributed by atoms with van der Waals surface area (Å²) >= 11 is 0. The summed E-state index contributed by atoms with van der Waals surface area (Å²) < 4.78 is 42.3. The first-order valence-electron chi connectivity index (χ1n) is 7.55. The van der Waals surface area contributed by atoms with Crippen molar-refractivity contribution in [2.75, 3.05) is 33.2 Å². The number of hydrogen-bond donors (Lipinski definition) is 2. The van der Waals surface area contributed by atoms with Crippen LogP contribution in [0.5, 0.6) is 17.2 Å². The maximum atomic E-state index is 12.4. The second kappa shape index (κ2) is 8.54. The smallest absolute Gasteiger partial charge is 0.244 e. The van der Waals surface area contributed by atoms with Gasteiger partial charge in [0.25, 0.3) is 0 Å². The summed E-state index contributed by atoms with van der Waals surface area (Å²) in [7, 11) is 0.380. The monoisotopic (exact) mass is 380 g/mol. The number of hydrogen-bond acceptors (Lipinski definition) is 6. The van der Waals surface area contributed by atoms with Crippen LogP contribution in [0.1, 0.15) is 0 Å². The van der Waals surface area contributed by atoms with E-state index in [-0.39, 0.29) is 10.6 Å². The summed E-state index contributed by atoms with van der Waals surface area (Å²) in [5.74, 6) is 0.627. The van der Waals surface area contributed by atoms with E-state index in [2.05, 4.69) is 10.0 Å². The van der Waals surface area contributed by atoms with Gasteiger partial charge in [0.1, 0.15) is 22.1 Å². The molecule has 0 radical (unpaired) electrons. The van der Waals surface area contributed by atoms with Crippen LogP contribution in [0.2, 0.25) is 0 Å². The lowest BCUT2D eigenvalue weighted by Gasteiger charge is -2.12. The second-order valence-corrected chi connectivity index (χ2v) is 6.86. The van der Waals surface area contributed by atoms with Crippen LogP contribution in [0, 0.1) is 0 Å². The Bertz CT molecular complexity index is 883. The minimum atomic E-state index is -3.94. The van der Waals surface area contributed by atoms with Crippen LogP contribution >= 0.6 is 0 Å². The van der Waals surface area contributed by atoms with Crippen molar-refractivity contribution in [3.63, 3.8) is 0 Å². The van der Waals surface area contributed by atoms with Gasteiger partial charge < -0.3 is 19.5 Å². The first-order valence-corrected chi connectivity index (χ1v) is 9.03. The van der Waals surface area contributed by atoms with Gasteiger partial charge in [-0.1, -0.05) is 6.07 Å². The quantitative estimate of drug-likeness (QED) is 0.722. The molecule has 2 N–H and O–H groups in total. The van der Waals surface area contributed by atoms with Crippen molar-refractivity contribution in [1.82, 2.24) is 4.72 Å². The molecule has 0 aliphatic heterocycles. The molecule has 9 heteroatoms.